The van der Waals surface area contributed by atoms with Crippen LogP contribution in [-0.4, -0.2) is 53.5 Å². The van der Waals surface area contributed by atoms with Crippen LogP contribution in [0.3, 0.4) is 0 Å². The number of morpholine rings is 1. The van der Waals surface area contributed by atoms with Crippen molar-refractivity contribution in [1.29, 1.82) is 0 Å². The highest BCUT2D eigenvalue weighted by Gasteiger charge is 2.36. The summed E-state index contributed by atoms with van der Waals surface area (Å²) in [6.07, 6.45) is 0.652. The Kier molecular flexibility index (Phi) is 4.95. The smallest absolute Gasteiger partial charge is 0.264 e. The Labute approximate surface area is 165 Å². The summed E-state index contributed by atoms with van der Waals surface area (Å²) in [5.74, 6) is 0. The van der Waals surface area contributed by atoms with E-state index in [1.165, 1.54) is 32.9 Å². The Morgan fingerprint density at radius 3 is 2.07 bits per heavy atom. The van der Waals surface area contributed by atoms with E-state index in [1.807, 2.05) is 25.1 Å². The molecule has 0 spiro atoms. The van der Waals surface area contributed by atoms with Gasteiger partial charge in [-0.2, -0.15) is 4.31 Å². The van der Waals surface area contributed by atoms with Crippen molar-refractivity contribution in [2.24, 2.45) is 0 Å². The molecule has 2 aromatic carbocycles. The van der Waals surface area contributed by atoms with Crippen molar-refractivity contribution < 1.29 is 21.6 Å². The zero-order valence-electron chi connectivity index (χ0n) is 15.5. The minimum Gasteiger partial charge on any atom is -0.379 e. The molecule has 2 aliphatic rings. The molecule has 150 valence electrons. The lowest BCUT2D eigenvalue weighted by Crippen LogP contribution is -2.40. The number of nitrogens with zero attached hydrogens (tertiary/aromatic N) is 2. The molecule has 1 fully saturated rings. The molecule has 0 unspecified atom stereocenters. The molecule has 9 heteroatoms. The number of fused-ring (bicyclic) bond motifs is 1. The predicted octanol–water partition coefficient (Wildman–Crippen LogP) is 1.85. The Morgan fingerprint density at radius 2 is 1.43 bits per heavy atom. The van der Waals surface area contributed by atoms with E-state index >= 15 is 0 Å². The zero-order valence-corrected chi connectivity index (χ0v) is 17.1. The molecule has 1 saturated heterocycles. The lowest BCUT2D eigenvalue weighted by Gasteiger charge is -2.26. The van der Waals surface area contributed by atoms with Crippen LogP contribution in [0.15, 0.2) is 58.3 Å². The van der Waals surface area contributed by atoms with E-state index in [4.69, 9.17) is 4.74 Å². The molecule has 4 rings (SSSR count). The number of anilines is 1. The minimum atomic E-state index is -3.78. The van der Waals surface area contributed by atoms with Crippen LogP contribution in [-0.2, 0) is 31.2 Å². The van der Waals surface area contributed by atoms with Crippen molar-refractivity contribution >= 4 is 25.7 Å². The monoisotopic (exact) mass is 422 g/mol. The van der Waals surface area contributed by atoms with Gasteiger partial charge in [-0.25, -0.2) is 16.8 Å². The van der Waals surface area contributed by atoms with Gasteiger partial charge in [0.05, 0.1) is 28.7 Å². The fourth-order valence-corrected chi connectivity index (χ4v) is 6.84. The van der Waals surface area contributed by atoms with Crippen molar-refractivity contribution in [3.05, 3.63) is 54.1 Å². The van der Waals surface area contributed by atoms with Crippen LogP contribution in [0.25, 0.3) is 0 Å². The number of para-hydroxylation sites is 1. The van der Waals surface area contributed by atoms with E-state index in [0.717, 1.165) is 5.56 Å². The van der Waals surface area contributed by atoms with Crippen molar-refractivity contribution in [3.8, 4) is 0 Å². The second-order valence-electron chi connectivity index (χ2n) is 6.97. The van der Waals surface area contributed by atoms with E-state index in [2.05, 4.69) is 0 Å². The van der Waals surface area contributed by atoms with Gasteiger partial charge in [0.2, 0.25) is 10.0 Å². The van der Waals surface area contributed by atoms with Crippen molar-refractivity contribution in [3.63, 3.8) is 0 Å². The average Bonchev–Trinajstić information content (AvgIpc) is 3.05. The van der Waals surface area contributed by atoms with Gasteiger partial charge in [-0.3, -0.25) is 4.31 Å². The van der Waals surface area contributed by atoms with Gasteiger partial charge in [0.1, 0.15) is 0 Å². The van der Waals surface area contributed by atoms with Gasteiger partial charge in [0.15, 0.2) is 0 Å². The Bertz CT molecular complexity index is 1080. The number of hydrogen-bond donors (Lipinski definition) is 0. The topological polar surface area (TPSA) is 84.0 Å². The third kappa shape index (κ3) is 3.22. The van der Waals surface area contributed by atoms with Crippen molar-refractivity contribution in [2.45, 2.75) is 29.2 Å². The van der Waals surface area contributed by atoms with Crippen LogP contribution >= 0.6 is 0 Å². The summed E-state index contributed by atoms with van der Waals surface area (Å²) in [4.78, 5) is 0.167. The Balaban J connectivity index is 1.65. The van der Waals surface area contributed by atoms with Gasteiger partial charge < -0.3 is 4.74 Å². The highest BCUT2D eigenvalue weighted by molar-refractivity contribution is 7.93. The van der Waals surface area contributed by atoms with Gasteiger partial charge in [0, 0.05) is 19.1 Å². The largest absolute Gasteiger partial charge is 0.379 e. The molecule has 0 amide bonds. The predicted molar refractivity (Wildman–Crippen MR) is 105 cm³/mol. The second kappa shape index (κ2) is 7.14. The third-order valence-corrected chi connectivity index (χ3v) is 8.99. The van der Waals surface area contributed by atoms with Crippen molar-refractivity contribution in [2.75, 3.05) is 30.6 Å². The molecule has 0 bridgehead atoms. The number of hydrogen-bond acceptors (Lipinski definition) is 5. The summed E-state index contributed by atoms with van der Waals surface area (Å²) in [5, 5.41) is 0. The van der Waals surface area contributed by atoms with E-state index in [0.29, 0.717) is 38.4 Å². The molecule has 0 aliphatic carbocycles. The molecule has 28 heavy (non-hydrogen) atoms. The van der Waals surface area contributed by atoms with Crippen LogP contribution in [0.4, 0.5) is 5.69 Å². The fraction of sp³-hybridized carbons (Fsp3) is 0.368. The van der Waals surface area contributed by atoms with E-state index in [-0.39, 0.29) is 15.8 Å². The molecular formula is C19H22N2O5S2. The normalized spacial score (nSPS) is 20.9. The molecule has 0 saturated carbocycles. The minimum absolute atomic E-state index is 0.0805. The molecule has 2 aliphatic heterocycles. The first-order chi connectivity index (χ1) is 13.3. The van der Waals surface area contributed by atoms with E-state index in [1.54, 1.807) is 6.07 Å². The molecule has 0 radical (unpaired) electrons. The molecule has 2 heterocycles. The summed E-state index contributed by atoms with van der Waals surface area (Å²) in [5.41, 5.74) is 1.67. The maximum absolute atomic E-state index is 13.2. The van der Waals surface area contributed by atoms with Gasteiger partial charge in [-0.15, -0.1) is 0 Å². The summed E-state index contributed by atoms with van der Waals surface area (Å²) in [6.45, 7) is 3.18. The third-order valence-electron chi connectivity index (χ3n) is 5.13. The molecule has 2 aromatic rings. The highest BCUT2D eigenvalue weighted by Crippen LogP contribution is 2.36. The molecule has 0 aromatic heterocycles. The summed E-state index contributed by atoms with van der Waals surface area (Å²) in [6, 6.07) is 12.7. The quantitative estimate of drug-likeness (QED) is 0.751. The van der Waals surface area contributed by atoms with Crippen LogP contribution in [0.1, 0.15) is 12.5 Å². The SMILES string of the molecule is C[C@H]1Cc2ccccc2N1S(=O)(=O)c1ccc(S(=O)(=O)N2CCOCC2)cc1. The maximum atomic E-state index is 13.2. The summed E-state index contributed by atoms with van der Waals surface area (Å²) < 4.78 is 59.9. The van der Waals surface area contributed by atoms with Gasteiger partial charge >= 0.3 is 0 Å². The standard InChI is InChI=1S/C19H22N2O5S2/c1-15-14-16-4-2-3-5-19(16)21(15)28(24,25)18-8-6-17(7-9-18)27(22,23)20-10-12-26-13-11-20/h2-9,15H,10-14H2,1H3/t15-/m0/s1. The van der Waals surface area contributed by atoms with Gasteiger partial charge in [-0.1, -0.05) is 18.2 Å². The molecule has 1 atom stereocenters. The molecule has 0 N–H and O–H groups in total. The molecule has 7 nitrogen and oxygen atoms in total. The number of sulfonamides is 2. The lowest BCUT2D eigenvalue weighted by molar-refractivity contribution is 0.0730. The van der Waals surface area contributed by atoms with Crippen LogP contribution in [0.5, 0.6) is 0 Å². The highest BCUT2D eigenvalue weighted by atomic mass is 32.2. The number of benzene rings is 2. The fourth-order valence-electron chi connectivity index (χ4n) is 3.74. The first kappa shape index (κ1) is 19.4. The van der Waals surface area contributed by atoms with Crippen LogP contribution < -0.4 is 4.31 Å². The first-order valence-electron chi connectivity index (χ1n) is 9.12. The van der Waals surface area contributed by atoms with E-state index in [9.17, 15) is 16.8 Å². The lowest BCUT2D eigenvalue weighted by atomic mass is 10.1. The number of rotatable bonds is 4. The van der Waals surface area contributed by atoms with Crippen molar-refractivity contribution in [1.82, 2.24) is 4.31 Å². The van der Waals surface area contributed by atoms with Gasteiger partial charge in [-0.05, 0) is 49.2 Å². The summed E-state index contributed by atoms with van der Waals surface area (Å²) >= 11 is 0. The first-order valence-corrected chi connectivity index (χ1v) is 12.0. The van der Waals surface area contributed by atoms with Crippen LogP contribution in [0, 0.1) is 0 Å². The number of ether oxygens (including phenoxy) is 1. The Morgan fingerprint density at radius 1 is 0.857 bits per heavy atom. The van der Waals surface area contributed by atoms with Crippen LogP contribution in [0.2, 0.25) is 0 Å². The van der Waals surface area contributed by atoms with E-state index < -0.39 is 20.0 Å². The van der Waals surface area contributed by atoms with Gasteiger partial charge in [0.25, 0.3) is 10.0 Å². The zero-order chi connectivity index (χ0) is 19.9. The molecular weight excluding hydrogens is 400 g/mol. The Hall–Kier alpha value is -1.94. The second-order valence-corrected chi connectivity index (χ2v) is 10.7. The summed E-state index contributed by atoms with van der Waals surface area (Å²) in [7, 11) is -7.44. The average molecular weight is 423 g/mol. The maximum Gasteiger partial charge on any atom is 0.264 e.